The third-order valence-corrected chi connectivity index (χ3v) is 2.95. The van der Waals surface area contributed by atoms with E-state index in [0.717, 1.165) is 0 Å². The Kier molecular flexibility index (Phi) is 2.47. The highest BCUT2D eigenvalue weighted by Crippen LogP contribution is 2.21. The fourth-order valence-corrected chi connectivity index (χ4v) is 2.14. The molecule has 0 atom stereocenters. The van der Waals surface area contributed by atoms with Gasteiger partial charge in [-0.15, -0.1) is 0 Å². The first-order chi connectivity index (χ1) is 7.13. The summed E-state index contributed by atoms with van der Waals surface area (Å²) in [5, 5.41) is 1.51. The number of primary amides is 1. The minimum atomic E-state index is -0.638. The molecule has 76 valence electrons. The molecule has 0 bridgehead atoms. The Labute approximate surface area is 91.6 Å². The van der Waals surface area contributed by atoms with Crippen LogP contribution in [0.4, 0.5) is 0 Å². The Morgan fingerprint density at radius 1 is 1.47 bits per heavy atom. The van der Waals surface area contributed by atoms with Crippen LogP contribution in [0.2, 0.25) is 5.02 Å². The summed E-state index contributed by atoms with van der Waals surface area (Å²) in [4.78, 5) is 13.9. The van der Waals surface area contributed by atoms with Crippen molar-refractivity contribution in [1.82, 2.24) is 4.98 Å². The van der Waals surface area contributed by atoms with Crippen molar-refractivity contribution >= 4 is 42.2 Å². The summed E-state index contributed by atoms with van der Waals surface area (Å²) in [6.07, 6.45) is 0. The highest BCUT2D eigenvalue weighted by Gasteiger charge is 2.15. The molecular formula is C9H6ClN2O2P. The van der Waals surface area contributed by atoms with Gasteiger partial charge < -0.3 is 10.7 Å². The van der Waals surface area contributed by atoms with Crippen molar-refractivity contribution in [2.45, 2.75) is 0 Å². The molecule has 0 spiro atoms. The zero-order valence-electron chi connectivity index (χ0n) is 7.45. The number of amides is 1. The van der Waals surface area contributed by atoms with Gasteiger partial charge in [0.25, 0.3) is 5.91 Å². The maximum Gasteiger partial charge on any atom is 0.266 e. The number of H-pyrrole nitrogens is 1. The lowest BCUT2D eigenvalue weighted by Gasteiger charge is -1.91. The van der Waals surface area contributed by atoms with E-state index in [1.807, 2.05) is 0 Å². The van der Waals surface area contributed by atoms with E-state index in [1.54, 1.807) is 18.2 Å². The van der Waals surface area contributed by atoms with Crippen molar-refractivity contribution in [3.63, 3.8) is 0 Å². The van der Waals surface area contributed by atoms with E-state index in [4.69, 9.17) is 17.3 Å². The van der Waals surface area contributed by atoms with Crippen LogP contribution in [0, 0.1) is 0 Å². The quantitative estimate of drug-likeness (QED) is 0.786. The van der Waals surface area contributed by atoms with Crippen molar-refractivity contribution in [3.8, 4) is 0 Å². The van der Waals surface area contributed by atoms with Crippen LogP contribution in [0.25, 0.3) is 10.9 Å². The smallest absolute Gasteiger partial charge is 0.266 e. The molecular weight excluding hydrogens is 235 g/mol. The third-order valence-electron chi connectivity index (χ3n) is 2.07. The lowest BCUT2D eigenvalue weighted by molar-refractivity contribution is 0.0997. The zero-order valence-corrected chi connectivity index (χ0v) is 9.10. The van der Waals surface area contributed by atoms with E-state index in [9.17, 15) is 9.36 Å². The summed E-state index contributed by atoms with van der Waals surface area (Å²) in [6, 6.07) is 5.02. The SMILES string of the molecule is NC(=O)c1[nH]c2ccc(Cl)cc2c1P=O. The van der Waals surface area contributed by atoms with Crippen molar-refractivity contribution in [1.29, 1.82) is 0 Å². The standard InChI is InChI=1S/C9H6ClN2O2P/c10-4-1-2-6-5(3-4)8(15-14)7(12-6)9(11)13/h1-3,12H,(H2,11,13). The van der Waals surface area contributed by atoms with Gasteiger partial charge in [-0.25, -0.2) is 0 Å². The van der Waals surface area contributed by atoms with Gasteiger partial charge in [0.2, 0.25) is 0 Å². The number of hydrogen-bond donors (Lipinski definition) is 2. The number of fused-ring (bicyclic) bond motifs is 1. The van der Waals surface area contributed by atoms with Crippen molar-refractivity contribution < 1.29 is 9.36 Å². The molecule has 2 aromatic rings. The Bertz CT molecular complexity index is 564. The maximum absolute atomic E-state index is 11.0. The molecule has 15 heavy (non-hydrogen) atoms. The summed E-state index contributed by atoms with van der Waals surface area (Å²) < 4.78 is 10.9. The van der Waals surface area contributed by atoms with E-state index in [1.165, 1.54) is 0 Å². The van der Waals surface area contributed by atoms with E-state index in [-0.39, 0.29) is 14.2 Å². The van der Waals surface area contributed by atoms with Crippen LogP contribution in [-0.2, 0) is 4.57 Å². The molecule has 3 N–H and O–H groups in total. The fourth-order valence-electron chi connectivity index (χ4n) is 1.42. The topological polar surface area (TPSA) is 76.0 Å². The van der Waals surface area contributed by atoms with Crippen molar-refractivity contribution in [2.24, 2.45) is 5.73 Å². The monoisotopic (exact) mass is 240 g/mol. The van der Waals surface area contributed by atoms with Crippen LogP contribution in [0.15, 0.2) is 18.2 Å². The predicted octanol–water partition coefficient (Wildman–Crippen LogP) is 1.84. The molecule has 0 aliphatic carbocycles. The Morgan fingerprint density at radius 2 is 2.20 bits per heavy atom. The molecule has 0 fully saturated rings. The molecule has 0 aliphatic heterocycles. The Hall–Kier alpha value is -1.38. The van der Waals surface area contributed by atoms with Crippen molar-refractivity contribution in [3.05, 3.63) is 28.9 Å². The molecule has 1 amide bonds. The molecule has 1 aromatic carbocycles. The number of benzene rings is 1. The van der Waals surface area contributed by atoms with Gasteiger partial charge in [0.15, 0.2) is 8.46 Å². The normalized spacial score (nSPS) is 11.0. The van der Waals surface area contributed by atoms with Gasteiger partial charge in [-0.3, -0.25) is 9.36 Å². The minimum Gasteiger partial charge on any atom is -0.364 e. The number of carbonyl (C=O) groups is 1. The highest BCUT2D eigenvalue weighted by atomic mass is 35.5. The van der Waals surface area contributed by atoms with E-state index in [0.29, 0.717) is 21.2 Å². The Balaban J connectivity index is 2.85. The van der Waals surface area contributed by atoms with E-state index in [2.05, 4.69) is 4.98 Å². The largest absolute Gasteiger partial charge is 0.364 e. The molecule has 1 heterocycles. The summed E-state index contributed by atoms with van der Waals surface area (Å²) in [5.74, 6) is -0.638. The average Bonchev–Trinajstić information content (AvgIpc) is 2.55. The summed E-state index contributed by atoms with van der Waals surface area (Å²) in [7, 11) is -0.258. The summed E-state index contributed by atoms with van der Waals surface area (Å²) in [5.41, 5.74) is 5.99. The van der Waals surface area contributed by atoms with Crippen LogP contribution in [0.3, 0.4) is 0 Å². The van der Waals surface area contributed by atoms with Gasteiger partial charge in [0.1, 0.15) is 5.69 Å². The third kappa shape index (κ3) is 1.62. The summed E-state index contributed by atoms with van der Waals surface area (Å²) >= 11 is 5.80. The van der Waals surface area contributed by atoms with E-state index < -0.39 is 5.91 Å². The molecule has 0 aliphatic rings. The number of hydrogen-bond acceptors (Lipinski definition) is 2. The molecule has 6 heteroatoms. The number of rotatable bonds is 2. The summed E-state index contributed by atoms with van der Waals surface area (Å²) in [6.45, 7) is 0. The second-order valence-electron chi connectivity index (χ2n) is 2.99. The second kappa shape index (κ2) is 3.65. The highest BCUT2D eigenvalue weighted by molar-refractivity contribution is 7.35. The Morgan fingerprint density at radius 3 is 2.80 bits per heavy atom. The van der Waals surface area contributed by atoms with Gasteiger partial charge in [-0.05, 0) is 18.2 Å². The molecule has 1 aromatic heterocycles. The van der Waals surface area contributed by atoms with Gasteiger partial charge in [-0.1, -0.05) is 11.6 Å². The first-order valence-electron chi connectivity index (χ1n) is 4.08. The van der Waals surface area contributed by atoms with Crippen molar-refractivity contribution in [2.75, 3.05) is 0 Å². The van der Waals surface area contributed by atoms with E-state index >= 15 is 0 Å². The molecule has 2 rings (SSSR count). The van der Waals surface area contributed by atoms with Crippen LogP contribution in [0.5, 0.6) is 0 Å². The number of nitrogens with two attached hydrogens (primary N) is 1. The molecule has 0 saturated carbocycles. The van der Waals surface area contributed by atoms with Crippen LogP contribution >= 0.6 is 20.1 Å². The first kappa shape index (κ1) is 10.1. The number of halogens is 1. The molecule has 0 radical (unpaired) electrons. The molecule has 0 saturated heterocycles. The molecule has 0 unspecified atom stereocenters. The maximum atomic E-state index is 11.0. The minimum absolute atomic E-state index is 0.156. The number of nitrogens with one attached hydrogen (secondary N) is 1. The van der Waals surface area contributed by atoms with Gasteiger partial charge in [0, 0.05) is 15.9 Å². The lowest BCUT2D eigenvalue weighted by Crippen LogP contribution is -2.17. The van der Waals surface area contributed by atoms with Crippen LogP contribution in [-0.4, -0.2) is 10.9 Å². The van der Waals surface area contributed by atoms with Crippen LogP contribution < -0.4 is 11.0 Å². The van der Waals surface area contributed by atoms with Gasteiger partial charge in [-0.2, -0.15) is 0 Å². The van der Waals surface area contributed by atoms with Gasteiger partial charge >= 0.3 is 0 Å². The number of carbonyl (C=O) groups excluding carboxylic acids is 1. The average molecular weight is 241 g/mol. The number of aromatic amines is 1. The fraction of sp³-hybridized carbons (Fsp3) is 0. The first-order valence-corrected chi connectivity index (χ1v) is 5.27. The van der Waals surface area contributed by atoms with Gasteiger partial charge in [0.05, 0.1) is 5.30 Å². The zero-order chi connectivity index (χ0) is 11.0. The second-order valence-corrected chi connectivity index (χ2v) is 4.06. The molecule has 4 nitrogen and oxygen atoms in total. The van der Waals surface area contributed by atoms with Crippen LogP contribution in [0.1, 0.15) is 10.5 Å². The predicted molar refractivity (Wildman–Crippen MR) is 59.1 cm³/mol. The number of aromatic nitrogens is 1. The lowest BCUT2D eigenvalue weighted by atomic mass is 10.2.